The van der Waals surface area contributed by atoms with E-state index in [9.17, 15) is 4.79 Å². The first kappa shape index (κ1) is 15.7. The van der Waals surface area contributed by atoms with Gasteiger partial charge >= 0.3 is 0 Å². The molecule has 1 aromatic rings. The van der Waals surface area contributed by atoms with E-state index in [-0.39, 0.29) is 5.41 Å². The van der Waals surface area contributed by atoms with Crippen LogP contribution in [0.3, 0.4) is 0 Å². The second-order valence-electron chi connectivity index (χ2n) is 10.2. The molecule has 0 radical (unpaired) electrons. The molecule has 1 N–H and O–H groups in total. The molecule has 6 aliphatic carbocycles. The predicted octanol–water partition coefficient (Wildman–Crippen LogP) is 3.97. The minimum Gasteiger partial charge on any atom is -0.354 e. The molecule has 0 saturated heterocycles. The number of nitrogens with zero attached hydrogens (tertiary/aromatic N) is 2. The highest BCUT2D eigenvalue weighted by atomic mass is 16.2. The van der Waals surface area contributed by atoms with Crippen LogP contribution in [0.15, 0.2) is 6.07 Å². The quantitative estimate of drug-likeness (QED) is 0.841. The molecule has 1 aromatic heterocycles. The van der Waals surface area contributed by atoms with Gasteiger partial charge in [0.05, 0.1) is 12.2 Å². The molecule has 0 spiro atoms. The highest BCUT2D eigenvalue weighted by molar-refractivity contribution is 5.83. The maximum absolute atomic E-state index is 13.1. The van der Waals surface area contributed by atoms with Crippen molar-refractivity contribution < 1.29 is 4.79 Å². The number of amides is 1. The van der Waals surface area contributed by atoms with Gasteiger partial charge in [0.25, 0.3) is 0 Å². The van der Waals surface area contributed by atoms with Crippen molar-refractivity contribution in [3.8, 4) is 0 Å². The largest absolute Gasteiger partial charge is 0.354 e. The van der Waals surface area contributed by atoms with Crippen LogP contribution in [0.25, 0.3) is 0 Å². The molecule has 0 aliphatic heterocycles. The molecule has 0 unspecified atom stereocenters. The first-order valence-electron chi connectivity index (χ1n) is 11.0. The molecule has 4 heteroatoms. The van der Waals surface area contributed by atoms with Crippen molar-refractivity contribution in [1.29, 1.82) is 0 Å². The molecule has 4 nitrogen and oxygen atoms in total. The normalized spacial score (nSPS) is 37.9. The topological polar surface area (TPSA) is 46.9 Å². The molecule has 4 bridgehead atoms. The van der Waals surface area contributed by atoms with Crippen LogP contribution < -0.4 is 5.32 Å². The van der Waals surface area contributed by atoms with Crippen molar-refractivity contribution in [3.05, 3.63) is 17.5 Å². The molecule has 26 heavy (non-hydrogen) atoms. The van der Waals surface area contributed by atoms with Gasteiger partial charge in [-0.25, -0.2) is 0 Å². The van der Waals surface area contributed by atoms with Gasteiger partial charge in [-0.1, -0.05) is 0 Å². The summed E-state index contributed by atoms with van der Waals surface area (Å²) in [5, 5.41) is 8.22. The van der Waals surface area contributed by atoms with Gasteiger partial charge in [0.1, 0.15) is 0 Å². The van der Waals surface area contributed by atoms with Gasteiger partial charge in [0.15, 0.2) is 0 Å². The van der Waals surface area contributed by atoms with E-state index in [2.05, 4.69) is 16.1 Å². The van der Waals surface area contributed by atoms with Crippen LogP contribution in [0.1, 0.15) is 87.4 Å². The Morgan fingerprint density at radius 3 is 2.23 bits per heavy atom. The fourth-order valence-corrected chi connectivity index (χ4v) is 6.77. The van der Waals surface area contributed by atoms with Crippen LogP contribution in [0.5, 0.6) is 0 Å². The van der Waals surface area contributed by atoms with Crippen LogP contribution in [-0.2, 0) is 11.3 Å². The minimum absolute atomic E-state index is 0.0165. The first-order chi connectivity index (χ1) is 12.7. The summed E-state index contributed by atoms with van der Waals surface area (Å²) >= 11 is 0. The van der Waals surface area contributed by atoms with Crippen LogP contribution in [0.2, 0.25) is 0 Å². The lowest BCUT2D eigenvalue weighted by molar-refractivity contribution is -0.146. The van der Waals surface area contributed by atoms with Crippen molar-refractivity contribution in [2.45, 2.75) is 82.6 Å². The fraction of sp³-hybridized carbons (Fsp3) is 0.818. The van der Waals surface area contributed by atoms with E-state index in [1.54, 1.807) is 0 Å². The summed E-state index contributed by atoms with van der Waals surface area (Å²) in [6.07, 6.45) is 12.9. The Kier molecular flexibility index (Phi) is 3.38. The molecule has 0 aromatic carbocycles. The third-order valence-corrected chi connectivity index (χ3v) is 7.95. The van der Waals surface area contributed by atoms with E-state index in [0.717, 1.165) is 61.9 Å². The molecule has 1 amide bonds. The zero-order valence-corrected chi connectivity index (χ0v) is 15.8. The predicted molar refractivity (Wildman–Crippen MR) is 99.8 cm³/mol. The standard InChI is InChI=1S/C22H31N3O/c26-21(22-11-14-7-15(12-22)9-16(8-14)13-22)23-5-6-25-20(18-3-4-18)10-19(24-25)17-1-2-17/h10,14-18H,1-9,11-13H2,(H,23,26). The van der Waals surface area contributed by atoms with Gasteiger partial charge < -0.3 is 5.32 Å². The summed E-state index contributed by atoms with van der Waals surface area (Å²) in [7, 11) is 0. The highest BCUT2D eigenvalue weighted by Gasteiger charge is 2.54. The average Bonchev–Trinajstić information content (AvgIpc) is 3.52. The first-order valence-corrected chi connectivity index (χ1v) is 11.0. The Balaban J connectivity index is 1.11. The van der Waals surface area contributed by atoms with Gasteiger partial charge in [0, 0.05) is 29.5 Å². The lowest BCUT2D eigenvalue weighted by Gasteiger charge is -2.55. The van der Waals surface area contributed by atoms with Crippen LogP contribution in [0.4, 0.5) is 0 Å². The van der Waals surface area contributed by atoms with Crippen molar-refractivity contribution in [2.75, 3.05) is 6.54 Å². The third-order valence-electron chi connectivity index (χ3n) is 7.95. The molecule has 6 fully saturated rings. The second-order valence-corrected chi connectivity index (χ2v) is 10.2. The Hall–Kier alpha value is -1.32. The molecule has 7 rings (SSSR count). The van der Waals surface area contributed by atoms with E-state index in [1.807, 2.05) is 0 Å². The molecule has 1 heterocycles. The number of hydrogen-bond acceptors (Lipinski definition) is 2. The van der Waals surface area contributed by atoms with Crippen molar-refractivity contribution in [2.24, 2.45) is 23.2 Å². The van der Waals surface area contributed by atoms with Crippen molar-refractivity contribution >= 4 is 5.91 Å². The zero-order chi connectivity index (χ0) is 17.3. The van der Waals surface area contributed by atoms with E-state index in [0.29, 0.717) is 5.91 Å². The summed E-state index contributed by atoms with van der Waals surface area (Å²) in [4.78, 5) is 13.1. The number of rotatable bonds is 6. The average molecular weight is 354 g/mol. The Labute approximate surface area is 156 Å². The Morgan fingerprint density at radius 2 is 1.65 bits per heavy atom. The number of hydrogen-bond donors (Lipinski definition) is 1. The smallest absolute Gasteiger partial charge is 0.226 e. The monoisotopic (exact) mass is 353 g/mol. The summed E-state index contributed by atoms with van der Waals surface area (Å²) in [5.74, 6) is 4.31. The lowest BCUT2D eigenvalue weighted by atomic mass is 9.49. The number of carbonyl (C=O) groups is 1. The minimum atomic E-state index is -0.0165. The zero-order valence-electron chi connectivity index (χ0n) is 15.8. The highest BCUT2D eigenvalue weighted by Crippen LogP contribution is 2.60. The van der Waals surface area contributed by atoms with Gasteiger partial charge in [-0.2, -0.15) is 5.10 Å². The lowest BCUT2D eigenvalue weighted by Crippen LogP contribution is -2.53. The van der Waals surface area contributed by atoms with Gasteiger partial charge in [-0.05, 0) is 88.0 Å². The van der Waals surface area contributed by atoms with Gasteiger partial charge in [-0.3, -0.25) is 9.48 Å². The summed E-state index contributed by atoms with van der Waals surface area (Å²) in [6, 6.07) is 2.36. The molecule has 6 aliphatic rings. The molecular formula is C22H31N3O. The number of nitrogens with one attached hydrogen (secondary N) is 1. The molecular weight excluding hydrogens is 322 g/mol. The van der Waals surface area contributed by atoms with Crippen molar-refractivity contribution in [3.63, 3.8) is 0 Å². The summed E-state index contributed by atoms with van der Waals surface area (Å²) in [5.41, 5.74) is 2.72. The number of carbonyl (C=O) groups excluding carboxylic acids is 1. The van der Waals surface area contributed by atoms with Crippen LogP contribution in [0, 0.1) is 23.2 Å². The molecule has 140 valence electrons. The fourth-order valence-electron chi connectivity index (χ4n) is 6.77. The third kappa shape index (κ3) is 2.63. The van der Waals surface area contributed by atoms with Gasteiger partial charge in [0.2, 0.25) is 5.91 Å². The summed E-state index contributed by atoms with van der Waals surface area (Å²) in [6.45, 7) is 1.59. The maximum atomic E-state index is 13.1. The number of aromatic nitrogens is 2. The van der Waals surface area contributed by atoms with Gasteiger partial charge in [-0.15, -0.1) is 0 Å². The van der Waals surface area contributed by atoms with E-state index < -0.39 is 0 Å². The van der Waals surface area contributed by atoms with Crippen LogP contribution in [-0.4, -0.2) is 22.2 Å². The molecule has 0 atom stereocenters. The van der Waals surface area contributed by atoms with E-state index in [1.165, 1.54) is 56.3 Å². The SMILES string of the molecule is O=C(NCCn1nc(C2CC2)cc1C1CC1)C12CC3CC(CC(C3)C1)C2. The molecule has 6 saturated carbocycles. The second kappa shape index (κ2) is 5.59. The van der Waals surface area contributed by atoms with E-state index >= 15 is 0 Å². The Bertz CT molecular complexity index is 692. The maximum Gasteiger partial charge on any atom is 0.226 e. The van der Waals surface area contributed by atoms with Crippen molar-refractivity contribution in [1.82, 2.24) is 15.1 Å². The van der Waals surface area contributed by atoms with Crippen LogP contribution >= 0.6 is 0 Å². The Morgan fingerprint density at radius 1 is 1.04 bits per heavy atom. The summed E-state index contributed by atoms with van der Waals surface area (Å²) < 4.78 is 2.21. The van der Waals surface area contributed by atoms with E-state index in [4.69, 9.17) is 5.10 Å².